The third-order valence-corrected chi connectivity index (χ3v) is 6.21. The molecule has 0 aliphatic carbocycles. The zero-order chi connectivity index (χ0) is 17.5. The number of rotatable bonds is 2. The van der Waals surface area contributed by atoms with Crippen LogP contribution in [0.2, 0.25) is 0 Å². The maximum atomic E-state index is 12.3. The summed E-state index contributed by atoms with van der Waals surface area (Å²) >= 11 is 0. The molecule has 0 saturated heterocycles. The monoisotopic (exact) mass is 344 g/mol. The van der Waals surface area contributed by atoms with Crippen LogP contribution in [0.15, 0.2) is 47.7 Å². The fourth-order valence-corrected chi connectivity index (χ4v) is 4.31. The Balaban J connectivity index is 2.09. The van der Waals surface area contributed by atoms with Gasteiger partial charge < -0.3 is 5.73 Å². The van der Waals surface area contributed by atoms with E-state index in [-0.39, 0.29) is 11.7 Å². The largest absolute Gasteiger partial charge is 0.369 e. The van der Waals surface area contributed by atoms with Crippen molar-refractivity contribution in [3.63, 3.8) is 0 Å². The Kier molecular flexibility index (Phi) is 3.83. The molecular weight excluding hydrogens is 324 g/mol. The SMILES string of the molecule is Cc1cncc(-c2cccc([C@]3(C)CS(=O)(=O)N(C)C(N)=N3)c2)c1. The topological polar surface area (TPSA) is 88.7 Å². The van der Waals surface area contributed by atoms with Crippen molar-refractivity contribution in [1.29, 1.82) is 0 Å². The average Bonchev–Trinajstić information content (AvgIpc) is 2.52. The molecule has 1 aliphatic heterocycles. The summed E-state index contributed by atoms with van der Waals surface area (Å²) in [6.07, 6.45) is 3.58. The lowest BCUT2D eigenvalue weighted by Crippen LogP contribution is -2.50. The van der Waals surface area contributed by atoms with Crippen LogP contribution in [0.4, 0.5) is 0 Å². The molecule has 0 saturated carbocycles. The molecule has 0 bridgehead atoms. The molecule has 0 spiro atoms. The average molecular weight is 344 g/mol. The molecule has 2 aromatic rings. The molecule has 0 unspecified atom stereocenters. The van der Waals surface area contributed by atoms with Gasteiger partial charge in [0.15, 0.2) is 0 Å². The maximum absolute atomic E-state index is 12.3. The number of nitrogens with zero attached hydrogens (tertiary/aromatic N) is 3. The zero-order valence-electron chi connectivity index (χ0n) is 13.9. The Bertz CT molecular complexity index is 924. The summed E-state index contributed by atoms with van der Waals surface area (Å²) in [5.41, 5.74) is 8.73. The van der Waals surface area contributed by atoms with Crippen LogP contribution in [0.1, 0.15) is 18.1 Å². The Labute approximate surface area is 142 Å². The van der Waals surface area contributed by atoms with E-state index in [1.807, 2.05) is 37.3 Å². The fraction of sp³-hybridized carbons (Fsp3) is 0.294. The van der Waals surface area contributed by atoms with Crippen LogP contribution in [-0.2, 0) is 15.6 Å². The minimum absolute atomic E-state index is 0.00590. The van der Waals surface area contributed by atoms with Crippen LogP contribution in [0.25, 0.3) is 11.1 Å². The number of hydrogen-bond donors (Lipinski definition) is 1. The zero-order valence-corrected chi connectivity index (χ0v) is 14.7. The fourth-order valence-electron chi connectivity index (χ4n) is 2.84. The van der Waals surface area contributed by atoms with Crippen molar-refractivity contribution in [3.05, 3.63) is 53.9 Å². The molecular formula is C17H20N4O2S. The molecule has 7 heteroatoms. The van der Waals surface area contributed by atoms with Gasteiger partial charge >= 0.3 is 0 Å². The lowest BCUT2D eigenvalue weighted by atomic mass is 9.92. The van der Waals surface area contributed by atoms with Crippen LogP contribution in [-0.4, -0.2) is 36.5 Å². The van der Waals surface area contributed by atoms with E-state index in [1.54, 1.807) is 19.3 Å². The minimum atomic E-state index is -3.49. The number of hydrogen-bond acceptors (Lipinski definition) is 5. The number of sulfonamides is 1. The van der Waals surface area contributed by atoms with Gasteiger partial charge in [-0.1, -0.05) is 18.2 Å². The predicted octanol–water partition coefficient (Wildman–Crippen LogP) is 1.86. The number of guanidine groups is 1. The Morgan fingerprint density at radius 2 is 1.96 bits per heavy atom. The van der Waals surface area contributed by atoms with E-state index < -0.39 is 15.6 Å². The Morgan fingerprint density at radius 3 is 2.62 bits per heavy atom. The van der Waals surface area contributed by atoms with Gasteiger partial charge in [0.25, 0.3) is 0 Å². The predicted molar refractivity (Wildman–Crippen MR) is 94.9 cm³/mol. The van der Waals surface area contributed by atoms with E-state index in [0.29, 0.717) is 0 Å². The van der Waals surface area contributed by atoms with Gasteiger partial charge in [0.2, 0.25) is 16.0 Å². The molecule has 24 heavy (non-hydrogen) atoms. The standard InChI is InChI=1S/C17H20N4O2S/c1-12-7-14(10-19-9-12)13-5-4-6-15(8-13)17(2)11-24(22,23)21(3)16(18)20-17/h4-10H,11H2,1-3H3,(H2,18,20)/t17-/m0/s1. The van der Waals surface area contributed by atoms with E-state index in [9.17, 15) is 8.42 Å². The summed E-state index contributed by atoms with van der Waals surface area (Å²) in [7, 11) is -2.07. The van der Waals surface area contributed by atoms with Crippen LogP contribution in [0, 0.1) is 6.92 Å². The smallest absolute Gasteiger partial charge is 0.239 e. The van der Waals surface area contributed by atoms with Crippen molar-refractivity contribution in [2.45, 2.75) is 19.4 Å². The van der Waals surface area contributed by atoms with Crippen LogP contribution < -0.4 is 5.73 Å². The van der Waals surface area contributed by atoms with E-state index >= 15 is 0 Å². The van der Waals surface area contributed by atoms with E-state index in [2.05, 4.69) is 9.98 Å². The molecule has 3 rings (SSSR count). The van der Waals surface area contributed by atoms with Crippen molar-refractivity contribution in [2.75, 3.05) is 12.8 Å². The number of aliphatic imine (C=N–C) groups is 1. The van der Waals surface area contributed by atoms with Crippen molar-refractivity contribution < 1.29 is 8.42 Å². The van der Waals surface area contributed by atoms with Gasteiger partial charge in [-0.3, -0.25) is 4.98 Å². The third kappa shape index (κ3) is 2.87. The maximum Gasteiger partial charge on any atom is 0.239 e. The first-order valence-electron chi connectivity index (χ1n) is 7.56. The quantitative estimate of drug-likeness (QED) is 0.900. The van der Waals surface area contributed by atoms with Gasteiger partial charge in [-0.05, 0) is 42.7 Å². The summed E-state index contributed by atoms with van der Waals surface area (Å²) in [5, 5.41) is 0. The van der Waals surface area contributed by atoms with Gasteiger partial charge in [0.05, 0.1) is 5.75 Å². The number of aryl methyl sites for hydroxylation is 1. The van der Waals surface area contributed by atoms with Gasteiger partial charge in [0.1, 0.15) is 5.54 Å². The number of benzene rings is 1. The van der Waals surface area contributed by atoms with Crippen molar-refractivity contribution in [2.24, 2.45) is 10.7 Å². The summed E-state index contributed by atoms with van der Waals surface area (Å²) in [5.74, 6) is -0.112. The Morgan fingerprint density at radius 1 is 1.21 bits per heavy atom. The first-order chi connectivity index (χ1) is 11.2. The van der Waals surface area contributed by atoms with Crippen molar-refractivity contribution in [3.8, 4) is 11.1 Å². The molecule has 126 valence electrons. The minimum Gasteiger partial charge on any atom is -0.369 e. The highest BCUT2D eigenvalue weighted by atomic mass is 32.2. The summed E-state index contributed by atoms with van der Waals surface area (Å²) < 4.78 is 25.7. The van der Waals surface area contributed by atoms with E-state index in [4.69, 9.17) is 5.73 Å². The molecule has 6 nitrogen and oxygen atoms in total. The normalized spacial score (nSPS) is 23.0. The second-order valence-electron chi connectivity index (χ2n) is 6.30. The summed E-state index contributed by atoms with van der Waals surface area (Å²) in [6.45, 7) is 3.77. The molecule has 0 radical (unpaired) electrons. The molecule has 2 heterocycles. The lowest BCUT2D eigenvalue weighted by molar-refractivity contribution is 0.477. The van der Waals surface area contributed by atoms with E-state index in [1.165, 1.54) is 7.05 Å². The third-order valence-electron chi connectivity index (χ3n) is 4.26. The number of pyridine rings is 1. The van der Waals surface area contributed by atoms with E-state index in [0.717, 1.165) is 26.6 Å². The van der Waals surface area contributed by atoms with Gasteiger partial charge in [-0.2, -0.15) is 0 Å². The first-order valence-corrected chi connectivity index (χ1v) is 9.17. The molecule has 1 aliphatic rings. The van der Waals surface area contributed by atoms with Gasteiger partial charge in [0, 0.05) is 25.0 Å². The van der Waals surface area contributed by atoms with Crippen LogP contribution in [0.3, 0.4) is 0 Å². The second kappa shape index (κ2) is 5.59. The molecule has 0 amide bonds. The van der Waals surface area contributed by atoms with Crippen LogP contribution >= 0.6 is 0 Å². The number of aromatic nitrogens is 1. The molecule has 1 atom stereocenters. The summed E-state index contributed by atoms with van der Waals surface area (Å²) in [6, 6.07) is 9.74. The number of nitrogens with two attached hydrogens (primary N) is 1. The molecule has 2 N–H and O–H groups in total. The summed E-state index contributed by atoms with van der Waals surface area (Å²) in [4.78, 5) is 8.65. The highest BCUT2D eigenvalue weighted by Crippen LogP contribution is 2.33. The first kappa shape index (κ1) is 16.4. The molecule has 0 fully saturated rings. The van der Waals surface area contributed by atoms with Crippen molar-refractivity contribution in [1.82, 2.24) is 9.29 Å². The lowest BCUT2D eigenvalue weighted by Gasteiger charge is -2.34. The van der Waals surface area contributed by atoms with Gasteiger partial charge in [-0.15, -0.1) is 0 Å². The van der Waals surface area contributed by atoms with Crippen LogP contribution in [0.5, 0.6) is 0 Å². The van der Waals surface area contributed by atoms with Gasteiger partial charge in [-0.25, -0.2) is 17.7 Å². The highest BCUT2D eigenvalue weighted by Gasteiger charge is 2.40. The second-order valence-corrected chi connectivity index (χ2v) is 8.30. The van der Waals surface area contributed by atoms with Crippen molar-refractivity contribution >= 4 is 16.0 Å². The Hall–Kier alpha value is -2.41. The highest BCUT2D eigenvalue weighted by molar-refractivity contribution is 7.89. The molecule has 1 aromatic carbocycles. The molecule has 1 aromatic heterocycles.